The van der Waals surface area contributed by atoms with E-state index >= 15 is 0 Å². The first-order valence-corrected chi connectivity index (χ1v) is 9.31. The first-order valence-electron chi connectivity index (χ1n) is 8.55. The highest BCUT2D eigenvalue weighted by molar-refractivity contribution is 6.30. The Morgan fingerprint density at radius 1 is 1.00 bits per heavy atom. The third-order valence-electron chi connectivity index (χ3n) is 4.50. The maximum absolute atomic E-state index is 12.3. The monoisotopic (exact) mass is 390 g/mol. The Kier molecular flexibility index (Phi) is 6.17. The number of benzene rings is 2. The van der Waals surface area contributed by atoms with Crippen molar-refractivity contribution >= 4 is 35.0 Å². The SMILES string of the molecule is O=C(NCCc1ccc(Cl)cc1)C1CC(=O)N(Cc2ccc(Cl)cc2)C1. The van der Waals surface area contributed by atoms with Crippen LogP contribution < -0.4 is 5.32 Å². The minimum Gasteiger partial charge on any atom is -0.355 e. The zero-order valence-corrected chi connectivity index (χ0v) is 15.8. The minimum atomic E-state index is -0.292. The Balaban J connectivity index is 1.47. The molecule has 1 N–H and O–H groups in total. The van der Waals surface area contributed by atoms with E-state index in [1.54, 1.807) is 17.0 Å². The van der Waals surface area contributed by atoms with E-state index in [0.29, 0.717) is 29.7 Å². The van der Waals surface area contributed by atoms with Crippen molar-refractivity contribution in [1.82, 2.24) is 10.2 Å². The van der Waals surface area contributed by atoms with Gasteiger partial charge >= 0.3 is 0 Å². The van der Waals surface area contributed by atoms with Gasteiger partial charge in [-0.3, -0.25) is 9.59 Å². The summed E-state index contributed by atoms with van der Waals surface area (Å²) in [6.07, 6.45) is 0.998. The summed E-state index contributed by atoms with van der Waals surface area (Å²) in [7, 11) is 0. The Morgan fingerprint density at radius 2 is 1.58 bits per heavy atom. The Labute approximate surface area is 163 Å². The molecule has 1 unspecified atom stereocenters. The number of nitrogens with one attached hydrogen (secondary N) is 1. The zero-order valence-electron chi connectivity index (χ0n) is 14.3. The predicted molar refractivity (Wildman–Crippen MR) is 103 cm³/mol. The van der Waals surface area contributed by atoms with Crippen LogP contribution in [0.15, 0.2) is 48.5 Å². The van der Waals surface area contributed by atoms with Crippen molar-refractivity contribution in [3.63, 3.8) is 0 Å². The number of nitrogens with zero attached hydrogens (tertiary/aromatic N) is 1. The van der Waals surface area contributed by atoms with Gasteiger partial charge in [-0.1, -0.05) is 47.5 Å². The second kappa shape index (κ2) is 8.56. The van der Waals surface area contributed by atoms with Gasteiger partial charge in [0.1, 0.15) is 0 Å². The van der Waals surface area contributed by atoms with Gasteiger partial charge in [-0.05, 0) is 41.8 Å². The fourth-order valence-electron chi connectivity index (χ4n) is 3.04. The summed E-state index contributed by atoms with van der Waals surface area (Å²) in [6, 6.07) is 15.0. The van der Waals surface area contributed by atoms with E-state index in [1.807, 2.05) is 36.4 Å². The lowest BCUT2D eigenvalue weighted by molar-refractivity contribution is -0.129. The van der Waals surface area contributed by atoms with Crippen LogP contribution in [0.5, 0.6) is 0 Å². The first-order chi connectivity index (χ1) is 12.5. The number of likely N-dealkylation sites (tertiary alicyclic amines) is 1. The normalized spacial score (nSPS) is 16.8. The van der Waals surface area contributed by atoms with Crippen LogP contribution in [0.1, 0.15) is 17.5 Å². The molecule has 1 aliphatic heterocycles. The average Bonchev–Trinajstić information content (AvgIpc) is 2.99. The quantitative estimate of drug-likeness (QED) is 0.817. The lowest BCUT2D eigenvalue weighted by Gasteiger charge is -2.16. The molecule has 0 aromatic heterocycles. The topological polar surface area (TPSA) is 49.4 Å². The number of hydrogen-bond acceptors (Lipinski definition) is 2. The van der Waals surface area contributed by atoms with Crippen molar-refractivity contribution in [2.45, 2.75) is 19.4 Å². The van der Waals surface area contributed by atoms with Crippen molar-refractivity contribution in [2.75, 3.05) is 13.1 Å². The largest absolute Gasteiger partial charge is 0.355 e. The van der Waals surface area contributed by atoms with Gasteiger partial charge in [0.2, 0.25) is 11.8 Å². The Hall–Kier alpha value is -2.04. The van der Waals surface area contributed by atoms with Gasteiger partial charge in [-0.2, -0.15) is 0 Å². The second-order valence-corrected chi connectivity index (χ2v) is 7.34. The average molecular weight is 391 g/mol. The summed E-state index contributed by atoms with van der Waals surface area (Å²) in [6.45, 7) is 1.50. The second-order valence-electron chi connectivity index (χ2n) is 6.47. The summed E-state index contributed by atoms with van der Waals surface area (Å²) in [5.41, 5.74) is 2.12. The number of hydrogen-bond donors (Lipinski definition) is 1. The standard InChI is InChI=1S/C20H20Cl2N2O2/c21-17-5-1-14(2-6-17)9-10-23-20(26)16-11-19(25)24(13-16)12-15-3-7-18(22)8-4-15/h1-8,16H,9-13H2,(H,23,26). The molecule has 0 saturated carbocycles. The Bertz CT molecular complexity index is 775. The molecular formula is C20H20Cl2N2O2. The van der Waals surface area contributed by atoms with Crippen LogP contribution in [0.4, 0.5) is 0 Å². The molecule has 0 bridgehead atoms. The molecule has 1 aliphatic rings. The molecule has 2 amide bonds. The van der Waals surface area contributed by atoms with E-state index in [9.17, 15) is 9.59 Å². The van der Waals surface area contributed by atoms with Crippen molar-refractivity contribution in [2.24, 2.45) is 5.92 Å². The van der Waals surface area contributed by atoms with Gasteiger partial charge < -0.3 is 10.2 Å². The summed E-state index contributed by atoms with van der Waals surface area (Å²) in [5, 5.41) is 4.30. The molecule has 0 radical (unpaired) electrons. The predicted octanol–water partition coefficient (Wildman–Crippen LogP) is 3.70. The maximum atomic E-state index is 12.3. The summed E-state index contributed by atoms with van der Waals surface area (Å²) in [4.78, 5) is 26.3. The lowest BCUT2D eigenvalue weighted by Crippen LogP contribution is -2.34. The van der Waals surface area contributed by atoms with E-state index < -0.39 is 0 Å². The molecule has 26 heavy (non-hydrogen) atoms. The maximum Gasteiger partial charge on any atom is 0.225 e. The molecule has 1 fully saturated rings. The van der Waals surface area contributed by atoms with Crippen molar-refractivity contribution in [1.29, 1.82) is 0 Å². The number of carbonyl (C=O) groups excluding carboxylic acids is 2. The van der Waals surface area contributed by atoms with Crippen molar-refractivity contribution < 1.29 is 9.59 Å². The summed E-state index contributed by atoms with van der Waals surface area (Å²) in [5.74, 6) is -0.344. The molecular weight excluding hydrogens is 371 g/mol. The summed E-state index contributed by atoms with van der Waals surface area (Å²) >= 11 is 11.7. The van der Waals surface area contributed by atoms with Crippen molar-refractivity contribution in [3.05, 3.63) is 69.7 Å². The van der Waals surface area contributed by atoms with Gasteiger partial charge in [0.05, 0.1) is 5.92 Å². The molecule has 2 aromatic rings. The fourth-order valence-corrected chi connectivity index (χ4v) is 3.29. The number of rotatable bonds is 6. The molecule has 0 spiro atoms. The summed E-state index contributed by atoms with van der Waals surface area (Å²) < 4.78 is 0. The molecule has 1 atom stereocenters. The first kappa shape index (κ1) is 18.7. The highest BCUT2D eigenvalue weighted by atomic mass is 35.5. The number of carbonyl (C=O) groups is 2. The van der Waals surface area contributed by atoms with Crippen LogP contribution in [0.25, 0.3) is 0 Å². The van der Waals surface area contributed by atoms with Crippen LogP contribution in [-0.4, -0.2) is 29.8 Å². The number of halogens is 2. The molecule has 4 nitrogen and oxygen atoms in total. The molecule has 0 aliphatic carbocycles. The van der Waals surface area contributed by atoms with Crippen molar-refractivity contribution in [3.8, 4) is 0 Å². The third kappa shape index (κ3) is 4.99. The molecule has 136 valence electrons. The van der Waals surface area contributed by atoms with Crippen LogP contribution in [0.3, 0.4) is 0 Å². The lowest BCUT2D eigenvalue weighted by atomic mass is 10.1. The highest BCUT2D eigenvalue weighted by Crippen LogP contribution is 2.21. The van der Waals surface area contributed by atoms with Crippen LogP contribution in [-0.2, 0) is 22.6 Å². The zero-order chi connectivity index (χ0) is 18.5. The van der Waals surface area contributed by atoms with Crippen LogP contribution >= 0.6 is 23.2 Å². The molecule has 2 aromatic carbocycles. The van der Waals surface area contributed by atoms with E-state index in [1.165, 1.54) is 0 Å². The van der Waals surface area contributed by atoms with Gasteiger partial charge in [0, 0.05) is 36.1 Å². The van der Waals surface area contributed by atoms with Crippen LogP contribution in [0.2, 0.25) is 10.0 Å². The number of amides is 2. The molecule has 3 rings (SSSR count). The van der Waals surface area contributed by atoms with E-state index in [-0.39, 0.29) is 24.2 Å². The molecule has 1 heterocycles. The van der Waals surface area contributed by atoms with Gasteiger partial charge in [0.15, 0.2) is 0 Å². The van der Waals surface area contributed by atoms with E-state index in [2.05, 4.69) is 5.32 Å². The van der Waals surface area contributed by atoms with Gasteiger partial charge in [0.25, 0.3) is 0 Å². The van der Waals surface area contributed by atoms with E-state index in [4.69, 9.17) is 23.2 Å². The highest BCUT2D eigenvalue weighted by Gasteiger charge is 2.33. The fraction of sp³-hybridized carbons (Fsp3) is 0.300. The Morgan fingerprint density at radius 3 is 2.19 bits per heavy atom. The van der Waals surface area contributed by atoms with Crippen LogP contribution in [0, 0.1) is 5.92 Å². The third-order valence-corrected chi connectivity index (χ3v) is 5.00. The smallest absolute Gasteiger partial charge is 0.225 e. The van der Waals surface area contributed by atoms with Gasteiger partial charge in [-0.25, -0.2) is 0 Å². The van der Waals surface area contributed by atoms with Gasteiger partial charge in [-0.15, -0.1) is 0 Å². The van der Waals surface area contributed by atoms with E-state index in [0.717, 1.165) is 17.5 Å². The minimum absolute atomic E-state index is 0.0119. The molecule has 6 heteroatoms. The molecule has 1 saturated heterocycles.